The highest BCUT2D eigenvalue weighted by atomic mass is 32.1. The summed E-state index contributed by atoms with van der Waals surface area (Å²) in [7, 11) is 2.96. The van der Waals surface area contributed by atoms with Crippen molar-refractivity contribution < 1.29 is 23.8 Å². The van der Waals surface area contributed by atoms with Crippen LogP contribution in [0.5, 0.6) is 11.5 Å². The second-order valence-electron chi connectivity index (χ2n) is 5.20. The Kier molecular flexibility index (Phi) is 7.55. The Morgan fingerprint density at radius 1 is 1.26 bits per heavy atom. The molecule has 1 amide bonds. The summed E-state index contributed by atoms with van der Waals surface area (Å²) in [6.45, 7) is 0.651. The smallest absolute Gasteiger partial charge is 0.353 e. The van der Waals surface area contributed by atoms with Crippen LogP contribution in [0, 0.1) is 11.3 Å². The second kappa shape index (κ2) is 10.1. The maximum Gasteiger partial charge on any atom is 0.353 e. The molecule has 8 heteroatoms. The molecule has 27 heavy (non-hydrogen) atoms. The number of carbonyl (C=O) groups is 2. The Morgan fingerprint density at radius 3 is 2.70 bits per heavy atom. The molecule has 1 heterocycles. The van der Waals surface area contributed by atoms with Crippen molar-refractivity contribution in [2.45, 2.75) is 0 Å². The fraction of sp³-hybridized carbons (Fsp3) is 0.211. The highest BCUT2D eigenvalue weighted by Gasteiger charge is 2.14. The van der Waals surface area contributed by atoms with Gasteiger partial charge in [0.25, 0.3) is 5.91 Å². The van der Waals surface area contributed by atoms with E-state index >= 15 is 0 Å². The number of thiophene rings is 1. The first-order valence-corrected chi connectivity index (χ1v) is 8.79. The molecule has 7 nitrogen and oxygen atoms in total. The number of nitrogens with one attached hydrogen (secondary N) is 1. The third kappa shape index (κ3) is 5.67. The summed E-state index contributed by atoms with van der Waals surface area (Å²) >= 11 is 1.28. The standard InChI is InChI=1S/C19H18N2O5S/c1-24-8-7-21-18(22)14(12-20)10-13-5-6-15(16(11-13)25-2)26-19(23)17-4-3-9-27-17/h3-6,9-11H,7-8H2,1-2H3,(H,21,22)/b14-10+. The Morgan fingerprint density at radius 2 is 2.07 bits per heavy atom. The van der Waals surface area contributed by atoms with E-state index in [-0.39, 0.29) is 11.3 Å². The first kappa shape index (κ1) is 20.2. The largest absolute Gasteiger partial charge is 0.493 e. The number of nitriles is 1. The zero-order valence-corrected chi connectivity index (χ0v) is 15.7. The number of esters is 1. The molecule has 140 valence electrons. The number of rotatable bonds is 8. The Bertz CT molecular complexity index is 869. The summed E-state index contributed by atoms with van der Waals surface area (Å²) in [5.41, 5.74) is 0.498. The number of hydrogen-bond acceptors (Lipinski definition) is 7. The average molecular weight is 386 g/mol. The zero-order chi connectivity index (χ0) is 19.6. The number of carbonyl (C=O) groups excluding carboxylic acids is 2. The van der Waals surface area contributed by atoms with Crippen LogP contribution in [0.15, 0.2) is 41.3 Å². The maximum atomic E-state index is 12.1. The zero-order valence-electron chi connectivity index (χ0n) is 14.9. The van der Waals surface area contributed by atoms with Crippen molar-refractivity contribution in [2.75, 3.05) is 27.4 Å². The molecular formula is C19H18N2O5S. The van der Waals surface area contributed by atoms with Gasteiger partial charge in [-0.1, -0.05) is 12.1 Å². The van der Waals surface area contributed by atoms with Crippen LogP contribution in [-0.4, -0.2) is 39.2 Å². The first-order valence-electron chi connectivity index (χ1n) is 7.91. The Balaban J connectivity index is 2.17. The van der Waals surface area contributed by atoms with Gasteiger partial charge in [-0.25, -0.2) is 4.79 Å². The number of methoxy groups -OCH3 is 2. The average Bonchev–Trinajstić information content (AvgIpc) is 3.22. The molecule has 0 aliphatic heterocycles. The molecule has 0 aliphatic rings. The van der Waals surface area contributed by atoms with E-state index in [4.69, 9.17) is 14.2 Å². The van der Waals surface area contributed by atoms with Crippen molar-refractivity contribution >= 4 is 29.3 Å². The van der Waals surface area contributed by atoms with Gasteiger partial charge >= 0.3 is 5.97 Å². The van der Waals surface area contributed by atoms with Crippen molar-refractivity contribution in [3.63, 3.8) is 0 Å². The van der Waals surface area contributed by atoms with Gasteiger partial charge < -0.3 is 19.5 Å². The summed E-state index contributed by atoms with van der Waals surface area (Å²) in [5.74, 6) is -0.426. The van der Waals surface area contributed by atoms with Crippen molar-refractivity contribution in [3.8, 4) is 17.6 Å². The van der Waals surface area contributed by atoms with Gasteiger partial charge in [-0.15, -0.1) is 11.3 Å². The van der Waals surface area contributed by atoms with E-state index < -0.39 is 11.9 Å². The fourth-order valence-electron chi connectivity index (χ4n) is 2.08. The van der Waals surface area contributed by atoms with Gasteiger partial charge in [0, 0.05) is 13.7 Å². The fourth-order valence-corrected chi connectivity index (χ4v) is 2.68. The third-order valence-electron chi connectivity index (χ3n) is 3.38. The van der Waals surface area contributed by atoms with E-state index in [0.717, 1.165) is 0 Å². The van der Waals surface area contributed by atoms with Crippen LogP contribution in [0.1, 0.15) is 15.2 Å². The summed E-state index contributed by atoms with van der Waals surface area (Å²) in [6.07, 6.45) is 1.43. The predicted octanol–water partition coefficient (Wildman–Crippen LogP) is 2.65. The summed E-state index contributed by atoms with van der Waals surface area (Å²) in [5, 5.41) is 13.6. The van der Waals surface area contributed by atoms with Crippen molar-refractivity contribution in [3.05, 3.63) is 51.7 Å². The number of amides is 1. The molecule has 0 unspecified atom stereocenters. The number of nitrogens with zero attached hydrogens (tertiary/aromatic N) is 1. The molecule has 2 aromatic rings. The van der Waals surface area contributed by atoms with Crippen molar-refractivity contribution in [1.82, 2.24) is 5.32 Å². The lowest BCUT2D eigenvalue weighted by Gasteiger charge is -2.09. The highest BCUT2D eigenvalue weighted by Crippen LogP contribution is 2.30. The molecule has 0 atom stereocenters. The van der Waals surface area contributed by atoms with Gasteiger partial charge in [0.1, 0.15) is 16.5 Å². The Hall–Kier alpha value is -3.15. The monoisotopic (exact) mass is 386 g/mol. The Labute approximate surface area is 160 Å². The second-order valence-corrected chi connectivity index (χ2v) is 6.14. The van der Waals surface area contributed by atoms with E-state index in [1.54, 1.807) is 35.7 Å². The summed E-state index contributed by atoms with van der Waals surface area (Å²) in [4.78, 5) is 24.5. The quantitative estimate of drug-likeness (QED) is 0.246. The minimum absolute atomic E-state index is 0.0588. The number of hydrogen-bond donors (Lipinski definition) is 1. The van der Waals surface area contributed by atoms with Gasteiger partial charge in [0.2, 0.25) is 0 Å². The molecule has 0 bridgehead atoms. The lowest BCUT2D eigenvalue weighted by molar-refractivity contribution is -0.117. The van der Waals surface area contributed by atoms with Gasteiger partial charge in [-0.2, -0.15) is 5.26 Å². The molecule has 0 spiro atoms. The molecule has 2 rings (SSSR count). The molecule has 0 fully saturated rings. The van der Waals surface area contributed by atoms with Crippen molar-refractivity contribution in [1.29, 1.82) is 5.26 Å². The molecule has 0 aliphatic carbocycles. The maximum absolute atomic E-state index is 12.1. The van der Waals surface area contributed by atoms with Crippen LogP contribution in [0.2, 0.25) is 0 Å². The van der Waals surface area contributed by atoms with Crippen molar-refractivity contribution in [2.24, 2.45) is 0 Å². The van der Waals surface area contributed by atoms with Gasteiger partial charge in [0.15, 0.2) is 11.5 Å². The molecule has 1 N–H and O–H groups in total. The van der Waals surface area contributed by atoms with E-state index in [2.05, 4.69) is 5.32 Å². The highest BCUT2D eigenvalue weighted by molar-refractivity contribution is 7.12. The third-order valence-corrected chi connectivity index (χ3v) is 4.23. The molecule has 0 saturated heterocycles. The van der Waals surface area contributed by atoms with Gasteiger partial charge in [-0.05, 0) is 35.2 Å². The topological polar surface area (TPSA) is 97.6 Å². The first-order chi connectivity index (χ1) is 13.1. The van der Waals surface area contributed by atoms with Crippen LogP contribution in [-0.2, 0) is 9.53 Å². The predicted molar refractivity (Wildman–Crippen MR) is 101 cm³/mol. The SMILES string of the molecule is COCCNC(=O)/C(C#N)=C/c1ccc(OC(=O)c2cccs2)c(OC)c1. The minimum atomic E-state index is -0.498. The van der Waals surface area contributed by atoms with Crippen LogP contribution in [0.25, 0.3) is 6.08 Å². The van der Waals surface area contributed by atoms with Crippen LogP contribution >= 0.6 is 11.3 Å². The minimum Gasteiger partial charge on any atom is -0.493 e. The van der Waals surface area contributed by atoms with Crippen LogP contribution < -0.4 is 14.8 Å². The van der Waals surface area contributed by atoms with E-state index in [9.17, 15) is 14.9 Å². The molecule has 1 aromatic heterocycles. The van der Waals surface area contributed by atoms with Gasteiger partial charge in [-0.3, -0.25) is 4.79 Å². The normalized spacial score (nSPS) is 10.8. The van der Waals surface area contributed by atoms with E-state index in [1.807, 2.05) is 6.07 Å². The molecular weight excluding hydrogens is 368 g/mol. The summed E-state index contributed by atoms with van der Waals surface area (Å²) in [6, 6.07) is 10.0. The van der Waals surface area contributed by atoms with E-state index in [1.165, 1.54) is 31.6 Å². The molecule has 0 saturated carbocycles. The van der Waals surface area contributed by atoms with Crippen LogP contribution in [0.4, 0.5) is 0 Å². The molecule has 1 aromatic carbocycles. The van der Waals surface area contributed by atoms with E-state index in [0.29, 0.717) is 29.3 Å². The number of ether oxygens (including phenoxy) is 3. The molecule has 0 radical (unpaired) electrons. The lowest BCUT2D eigenvalue weighted by atomic mass is 10.1. The lowest BCUT2D eigenvalue weighted by Crippen LogP contribution is -2.27. The number of benzene rings is 1. The van der Waals surface area contributed by atoms with Crippen LogP contribution in [0.3, 0.4) is 0 Å². The van der Waals surface area contributed by atoms with Gasteiger partial charge in [0.05, 0.1) is 13.7 Å². The summed E-state index contributed by atoms with van der Waals surface area (Å²) < 4.78 is 15.5.